The Kier molecular flexibility index (Phi) is 6.83. The van der Waals surface area contributed by atoms with Gasteiger partial charge in [0.25, 0.3) is 15.9 Å². The normalized spacial score (nSPS) is 13.0. The molecule has 0 aliphatic carbocycles. The third-order valence-electron chi connectivity index (χ3n) is 5.44. The number of carbonyl (C=O) groups excluding carboxylic acids is 2. The molecule has 0 radical (unpaired) electrons. The van der Waals surface area contributed by atoms with E-state index in [-0.39, 0.29) is 11.5 Å². The molecule has 0 saturated carbocycles. The zero-order valence-electron chi connectivity index (χ0n) is 18.6. The maximum absolute atomic E-state index is 13.2. The first-order valence-corrected chi connectivity index (χ1v) is 12.1. The Balaban J connectivity index is 1.37. The number of ether oxygens (including phenoxy) is 2. The number of amides is 1. The van der Waals surface area contributed by atoms with E-state index >= 15 is 0 Å². The summed E-state index contributed by atoms with van der Waals surface area (Å²) < 4.78 is 38.0. The molecule has 0 bridgehead atoms. The molecular weight excluding hydrogens is 456 g/mol. The molecule has 1 aliphatic heterocycles. The van der Waals surface area contributed by atoms with Crippen LogP contribution in [0, 0.1) is 0 Å². The number of hydrogen-bond acceptors (Lipinski definition) is 6. The van der Waals surface area contributed by atoms with Gasteiger partial charge in [-0.3, -0.25) is 9.10 Å². The minimum atomic E-state index is -3.71. The van der Waals surface area contributed by atoms with E-state index in [1.165, 1.54) is 35.7 Å². The smallest absolute Gasteiger partial charge is 0.337 e. The predicted octanol–water partition coefficient (Wildman–Crippen LogP) is 3.63. The minimum Gasteiger partial charge on any atom is -0.484 e. The highest BCUT2D eigenvalue weighted by atomic mass is 32.2. The number of sulfonamides is 1. The molecule has 0 aromatic heterocycles. The fourth-order valence-electron chi connectivity index (χ4n) is 3.74. The Labute approximate surface area is 198 Å². The fourth-order valence-corrected chi connectivity index (χ4v) is 5.28. The van der Waals surface area contributed by atoms with Crippen LogP contribution in [0.3, 0.4) is 0 Å². The first-order valence-electron chi connectivity index (χ1n) is 10.7. The molecule has 0 fully saturated rings. The summed E-state index contributed by atoms with van der Waals surface area (Å²) in [7, 11) is -2.41. The number of nitrogens with one attached hydrogen (secondary N) is 1. The van der Waals surface area contributed by atoms with Gasteiger partial charge in [0, 0.05) is 12.2 Å². The van der Waals surface area contributed by atoms with Crippen LogP contribution in [-0.4, -0.2) is 40.6 Å². The van der Waals surface area contributed by atoms with Gasteiger partial charge in [-0.15, -0.1) is 0 Å². The average Bonchev–Trinajstić information content (AvgIpc) is 2.87. The number of benzene rings is 3. The maximum Gasteiger partial charge on any atom is 0.337 e. The number of fused-ring (bicyclic) bond motifs is 1. The van der Waals surface area contributed by atoms with Gasteiger partial charge in [0.05, 0.1) is 23.3 Å². The molecule has 3 aromatic carbocycles. The van der Waals surface area contributed by atoms with Crippen molar-refractivity contribution >= 4 is 33.3 Å². The summed E-state index contributed by atoms with van der Waals surface area (Å²) in [5.41, 5.74) is 2.61. The molecular formula is C25H24N2O6S. The van der Waals surface area contributed by atoms with Crippen molar-refractivity contribution in [1.82, 2.24) is 0 Å². The summed E-state index contributed by atoms with van der Waals surface area (Å²) in [5, 5.41) is 2.67. The Morgan fingerprint density at radius 3 is 2.38 bits per heavy atom. The van der Waals surface area contributed by atoms with Crippen molar-refractivity contribution in [2.75, 3.05) is 29.9 Å². The molecule has 9 heteroatoms. The summed E-state index contributed by atoms with van der Waals surface area (Å²) in [5.74, 6) is -0.488. The Bertz CT molecular complexity index is 1290. The molecule has 1 aliphatic rings. The summed E-state index contributed by atoms with van der Waals surface area (Å²) in [4.78, 5) is 23.8. The molecule has 1 N–H and O–H groups in total. The van der Waals surface area contributed by atoms with E-state index in [1.54, 1.807) is 24.3 Å². The zero-order valence-corrected chi connectivity index (χ0v) is 19.4. The standard InChI is InChI=1S/C25H24N2O6S/c1-32-25(29)19-8-10-20(11-9-19)26-24(28)17-33-21-12-14-22(15-13-21)34(30,31)27-16-4-6-18-5-2-3-7-23(18)27/h2-3,5,7-15H,4,6,16-17H2,1H3,(H,26,28). The number of methoxy groups -OCH3 is 1. The van der Waals surface area contributed by atoms with Crippen LogP contribution >= 0.6 is 0 Å². The second-order valence-electron chi connectivity index (χ2n) is 7.69. The van der Waals surface area contributed by atoms with Crippen molar-refractivity contribution in [3.8, 4) is 5.75 Å². The van der Waals surface area contributed by atoms with Crippen LogP contribution in [0.25, 0.3) is 0 Å². The number of rotatable bonds is 7. The number of aryl methyl sites for hydroxylation is 1. The van der Waals surface area contributed by atoms with Crippen molar-refractivity contribution in [3.63, 3.8) is 0 Å². The van der Waals surface area contributed by atoms with Gasteiger partial charge in [-0.2, -0.15) is 0 Å². The van der Waals surface area contributed by atoms with Crippen molar-refractivity contribution in [1.29, 1.82) is 0 Å². The van der Waals surface area contributed by atoms with Gasteiger partial charge >= 0.3 is 5.97 Å². The highest BCUT2D eigenvalue weighted by Gasteiger charge is 2.28. The van der Waals surface area contributed by atoms with Crippen LogP contribution in [0.15, 0.2) is 77.7 Å². The number of carbonyl (C=O) groups is 2. The van der Waals surface area contributed by atoms with Crippen LogP contribution in [0.2, 0.25) is 0 Å². The zero-order chi connectivity index (χ0) is 24.1. The lowest BCUT2D eigenvalue weighted by molar-refractivity contribution is -0.118. The molecule has 34 heavy (non-hydrogen) atoms. The third-order valence-corrected chi connectivity index (χ3v) is 7.27. The van der Waals surface area contributed by atoms with Gasteiger partial charge in [0.1, 0.15) is 5.75 Å². The molecule has 1 heterocycles. The van der Waals surface area contributed by atoms with Crippen LogP contribution in [0.5, 0.6) is 5.75 Å². The molecule has 8 nitrogen and oxygen atoms in total. The van der Waals surface area contributed by atoms with Crippen LogP contribution in [0.1, 0.15) is 22.3 Å². The van der Waals surface area contributed by atoms with Gasteiger partial charge in [-0.1, -0.05) is 18.2 Å². The maximum atomic E-state index is 13.2. The van der Waals surface area contributed by atoms with Crippen LogP contribution in [0.4, 0.5) is 11.4 Å². The topological polar surface area (TPSA) is 102 Å². The van der Waals surface area contributed by atoms with E-state index in [0.29, 0.717) is 29.2 Å². The number of esters is 1. The van der Waals surface area contributed by atoms with Gasteiger partial charge in [-0.25, -0.2) is 13.2 Å². The molecule has 4 rings (SSSR count). The van der Waals surface area contributed by atoms with Gasteiger partial charge in [0.15, 0.2) is 6.61 Å². The lowest BCUT2D eigenvalue weighted by Gasteiger charge is -2.30. The summed E-state index contributed by atoms with van der Waals surface area (Å²) in [6.07, 6.45) is 1.62. The monoisotopic (exact) mass is 480 g/mol. The lowest BCUT2D eigenvalue weighted by Crippen LogP contribution is -2.35. The quantitative estimate of drug-likeness (QED) is 0.518. The number of nitrogens with zero attached hydrogens (tertiary/aromatic N) is 1. The molecule has 0 unspecified atom stereocenters. The predicted molar refractivity (Wildman–Crippen MR) is 128 cm³/mol. The lowest BCUT2D eigenvalue weighted by atomic mass is 10.0. The molecule has 176 valence electrons. The van der Waals surface area contributed by atoms with Crippen molar-refractivity contribution < 1.29 is 27.5 Å². The molecule has 0 saturated heterocycles. The van der Waals surface area contributed by atoms with Gasteiger partial charge < -0.3 is 14.8 Å². The average molecular weight is 481 g/mol. The third kappa shape index (κ3) is 5.04. The molecule has 0 atom stereocenters. The highest BCUT2D eigenvalue weighted by molar-refractivity contribution is 7.92. The minimum absolute atomic E-state index is 0.159. The molecule has 3 aromatic rings. The Morgan fingerprint density at radius 2 is 1.68 bits per heavy atom. The highest BCUT2D eigenvalue weighted by Crippen LogP contribution is 2.32. The van der Waals surface area contributed by atoms with Crippen molar-refractivity contribution in [3.05, 3.63) is 83.9 Å². The van der Waals surface area contributed by atoms with E-state index in [9.17, 15) is 18.0 Å². The first kappa shape index (κ1) is 23.3. The van der Waals surface area contributed by atoms with Gasteiger partial charge in [0.2, 0.25) is 0 Å². The second kappa shape index (κ2) is 9.96. The second-order valence-corrected chi connectivity index (χ2v) is 9.55. The fraction of sp³-hybridized carbons (Fsp3) is 0.200. The number of hydrogen-bond donors (Lipinski definition) is 1. The number of para-hydroxylation sites is 1. The number of anilines is 2. The summed E-state index contributed by atoms with van der Waals surface area (Å²) >= 11 is 0. The molecule has 1 amide bonds. The van der Waals surface area contributed by atoms with Crippen molar-refractivity contribution in [2.45, 2.75) is 17.7 Å². The molecule has 0 spiro atoms. The Morgan fingerprint density at radius 1 is 0.971 bits per heavy atom. The first-order chi connectivity index (χ1) is 16.4. The Hall–Kier alpha value is -3.85. The van der Waals surface area contributed by atoms with E-state index in [0.717, 1.165) is 18.4 Å². The van der Waals surface area contributed by atoms with E-state index in [4.69, 9.17) is 4.74 Å². The van der Waals surface area contributed by atoms with E-state index in [1.807, 2.05) is 24.3 Å². The summed E-state index contributed by atoms with van der Waals surface area (Å²) in [6.45, 7) is 0.169. The van der Waals surface area contributed by atoms with E-state index in [2.05, 4.69) is 10.1 Å². The van der Waals surface area contributed by atoms with Gasteiger partial charge in [-0.05, 0) is 73.0 Å². The summed E-state index contributed by atoms with van der Waals surface area (Å²) in [6, 6.07) is 19.8. The van der Waals surface area contributed by atoms with E-state index < -0.39 is 21.9 Å². The van der Waals surface area contributed by atoms with Crippen LogP contribution in [-0.2, 0) is 26.0 Å². The van der Waals surface area contributed by atoms with Crippen LogP contribution < -0.4 is 14.4 Å². The largest absolute Gasteiger partial charge is 0.484 e. The SMILES string of the molecule is COC(=O)c1ccc(NC(=O)COc2ccc(S(=O)(=O)N3CCCc4ccccc43)cc2)cc1. The van der Waals surface area contributed by atoms with Crippen molar-refractivity contribution in [2.24, 2.45) is 0 Å².